The average molecular weight is 365 g/mol. The minimum absolute atomic E-state index is 0.0916. The summed E-state index contributed by atoms with van der Waals surface area (Å²) in [6, 6.07) is 16.6. The van der Waals surface area contributed by atoms with Crippen molar-refractivity contribution in [3.8, 4) is 0 Å². The number of amides is 2. The number of likely N-dealkylation sites (tertiary alicyclic amines) is 1. The summed E-state index contributed by atoms with van der Waals surface area (Å²) < 4.78 is 5.21. The number of carbonyl (C=O) groups is 4. The monoisotopic (exact) mass is 365 g/mol. The van der Waals surface area contributed by atoms with Crippen LogP contribution in [0.5, 0.6) is 0 Å². The number of ketones is 1. The molecule has 0 bridgehead atoms. The number of β-lactam (4-membered cyclic amide) rings is 1. The lowest BCUT2D eigenvalue weighted by molar-refractivity contribution is -0.167. The molecule has 6 heteroatoms. The van der Waals surface area contributed by atoms with Crippen LogP contribution in [0.2, 0.25) is 0 Å². The van der Waals surface area contributed by atoms with Crippen LogP contribution >= 0.6 is 0 Å². The third-order valence-corrected chi connectivity index (χ3v) is 4.51. The first-order valence-corrected chi connectivity index (χ1v) is 8.61. The number of esters is 1. The van der Waals surface area contributed by atoms with Crippen molar-refractivity contribution in [3.05, 3.63) is 71.8 Å². The molecule has 27 heavy (non-hydrogen) atoms. The predicted octanol–water partition coefficient (Wildman–Crippen LogP) is 2.38. The van der Waals surface area contributed by atoms with Crippen LogP contribution < -0.4 is 0 Å². The Morgan fingerprint density at radius 3 is 2.15 bits per heavy atom. The van der Waals surface area contributed by atoms with E-state index in [1.54, 1.807) is 30.3 Å². The molecule has 2 aromatic carbocycles. The molecule has 138 valence electrons. The minimum atomic E-state index is -0.971. The van der Waals surface area contributed by atoms with Gasteiger partial charge in [-0.15, -0.1) is 0 Å². The van der Waals surface area contributed by atoms with Gasteiger partial charge in [0.2, 0.25) is 11.8 Å². The largest absolute Gasteiger partial charge is 0.461 e. The van der Waals surface area contributed by atoms with Crippen LogP contribution in [-0.4, -0.2) is 34.5 Å². The van der Waals surface area contributed by atoms with Crippen molar-refractivity contribution in [1.29, 1.82) is 0 Å². The topological polar surface area (TPSA) is 80.8 Å². The number of carbonyl (C=O) groups excluding carboxylic acids is 4. The third kappa shape index (κ3) is 3.95. The fraction of sp³-hybridized carbons (Fsp3) is 0.238. The Bertz CT molecular complexity index is 863. The molecule has 2 aromatic rings. The highest BCUT2D eigenvalue weighted by Gasteiger charge is 2.54. The van der Waals surface area contributed by atoms with Gasteiger partial charge in [-0.1, -0.05) is 60.7 Å². The van der Waals surface area contributed by atoms with E-state index in [9.17, 15) is 19.2 Å². The number of ether oxygens (including phenoxy) is 1. The van der Waals surface area contributed by atoms with Crippen LogP contribution in [0.25, 0.3) is 0 Å². The molecule has 0 unspecified atom stereocenters. The molecule has 2 atom stereocenters. The van der Waals surface area contributed by atoms with E-state index < -0.39 is 29.7 Å². The predicted molar refractivity (Wildman–Crippen MR) is 96.4 cm³/mol. The van der Waals surface area contributed by atoms with Crippen molar-refractivity contribution >= 4 is 23.6 Å². The lowest BCUT2D eigenvalue weighted by atomic mass is 9.80. The SMILES string of the molecule is CC(=O)N1C(=O)[C@@H](CC(=O)OCc2ccccc2)[C@H]1C(=O)c1ccccc1. The quantitative estimate of drug-likeness (QED) is 0.446. The Hall–Kier alpha value is -3.28. The first-order chi connectivity index (χ1) is 13.0. The average Bonchev–Trinajstić information content (AvgIpc) is 2.69. The highest BCUT2D eigenvalue weighted by atomic mass is 16.5. The van der Waals surface area contributed by atoms with Crippen molar-refractivity contribution < 1.29 is 23.9 Å². The van der Waals surface area contributed by atoms with Gasteiger partial charge in [-0.2, -0.15) is 0 Å². The smallest absolute Gasteiger partial charge is 0.307 e. The van der Waals surface area contributed by atoms with Gasteiger partial charge in [-0.25, -0.2) is 0 Å². The summed E-state index contributed by atoms with van der Waals surface area (Å²) in [7, 11) is 0. The maximum atomic E-state index is 12.8. The minimum Gasteiger partial charge on any atom is -0.461 e. The van der Waals surface area contributed by atoms with Gasteiger partial charge in [0.25, 0.3) is 0 Å². The molecular formula is C21H19NO5. The van der Waals surface area contributed by atoms with E-state index in [4.69, 9.17) is 4.74 Å². The number of hydrogen-bond donors (Lipinski definition) is 0. The van der Waals surface area contributed by atoms with E-state index in [0.717, 1.165) is 10.5 Å². The van der Waals surface area contributed by atoms with Crippen LogP contribution in [0.15, 0.2) is 60.7 Å². The molecule has 0 aliphatic carbocycles. The maximum absolute atomic E-state index is 12.8. The summed E-state index contributed by atoms with van der Waals surface area (Å²) in [5.41, 5.74) is 1.22. The summed E-state index contributed by atoms with van der Waals surface area (Å²) in [6.07, 6.45) is -0.237. The Morgan fingerprint density at radius 1 is 0.963 bits per heavy atom. The van der Waals surface area contributed by atoms with Crippen molar-refractivity contribution in [3.63, 3.8) is 0 Å². The Balaban J connectivity index is 1.69. The number of Topliss-reactive ketones (excluding diaryl/α,β-unsaturated/α-hetero) is 1. The molecule has 6 nitrogen and oxygen atoms in total. The van der Waals surface area contributed by atoms with E-state index in [0.29, 0.717) is 5.56 Å². The molecule has 1 heterocycles. The Morgan fingerprint density at radius 2 is 1.56 bits per heavy atom. The van der Waals surface area contributed by atoms with Crippen molar-refractivity contribution in [1.82, 2.24) is 4.90 Å². The van der Waals surface area contributed by atoms with E-state index in [-0.39, 0.29) is 18.8 Å². The Labute approximate surface area is 156 Å². The number of hydrogen-bond acceptors (Lipinski definition) is 5. The van der Waals surface area contributed by atoms with Gasteiger partial charge in [-0.3, -0.25) is 24.1 Å². The molecular weight excluding hydrogens is 346 g/mol. The second kappa shape index (κ2) is 7.95. The highest BCUT2D eigenvalue weighted by molar-refractivity contribution is 6.14. The first-order valence-electron chi connectivity index (χ1n) is 8.61. The van der Waals surface area contributed by atoms with Crippen LogP contribution in [0.3, 0.4) is 0 Å². The number of imide groups is 1. The highest BCUT2D eigenvalue weighted by Crippen LogP contribution is 2.32. The molecule has 3 rings (SSSR count). The molecule has 0 saturated carbocycles. The number of rotatable bonds is 6. The second-order valence-electron chi connectivity index (χ2n) is 6.36. The normalized spacial score (nSPS) is 18.6. The zero-order valence-electron chi connectivity index (χ0n) is 14.8. The fourth-order valence-corrected chi connectivity index (χ4v) is 3.15. The molecule has 0 aromatic heterocycles. The molecule has 0 radical (unpaired) electrons. The van der Waals surface area contributed by atoms with Gasteiger partial charge in [0.15, 0.2) is 5.78 Å². The summed E-state index contributed by atoms with van der Waals surface area (Å²) in [5, 5.41) is 0. The Kier molecular flexibility index (Phi) is 5.45. The molecule has 1 saturated heterocycles. The molecule has 2 amide bonds. The van der Waals surface area contributed by atoms with Gasteiger partial charge in [0, 0.05) is 12.5 Å². The van der Waals surface area contributed by atoms with Gasteiger partial charge in [0.05, 0.1) is 12.3 Å². The van der Waals surface area contributed by atoms with Gasteiger partial charge >= 0.3 is 5.97 Å². The van der Waals surface area contributed by atoms with Crippen molar-refractivity contribution in [2.45, 2.75) is 26.0 Å². The van der Waals surface area contributed by atoms with Crippen LogP contribution in [-0.2, 0) is 25.7 Å². The van der Waals surface area contributed by atoms with Crippen LogP contribution in [0, 0.1) is 5.92 Å². The van der Waals surface area contributed by atoms with Crippen LogP contribution in [0.4, 0.5) is 0 Å². The zero-order valence-corrected chi connectivity index (χ0v) is 14.8. The molecule has 1 aliphatic heterocycles. The van der Waals surface area contributed by atoms with Crippen molar-refractivity contribution in [2.24, 2.45) is 5.92 Å². The molecule has 0 N–H and O–H groups in total. The molecule has 0 spiro atoms. The zero-order chi connectivity index (χ0) is 19.4. The third-order valence-electron chi connectivity index (χ3n) is 4.51. The summed E-state index contributed by atoms with van der Waals surface area (Å²) >= 11 is 0. The second-order valence-corrected chi connectivity index (χ2v) is 6.36. The first kappa shape index (κ1) is 18.5. The molecule has 1 fully saturated rings. The van der Waals surface area contributed by atoms with E-state index in [1.807, 2.05) is 30.3 Å². The number of nitrogens with zero attached hydrogens (tertiary/aromatic N) is 1. The van der Waals surface area contributed by atoms with Crippen molar-refractivity contribution in [2.75, 3.05) is 0 Å². The van der Waals surface area contributed by atoms with Gasteiger partial charge < -0.3 is 4.74 Å². The van der Waals surface area contributed by atoms with E-state index >= 15 is 0 Å². The number of benzene rings is 2. The van der Waals surface area contributed by atoms with Crippen LogP contribution in [0.1, 0.15) is 29.3 Å². The molecule has 1 aliphatic rings. The van der Waals surface area contributed by atoms with E-state index in [1.165, 1.54) is 6.92 Å². The summed E-state index contributed by atoms with van der Waals surface area (Å²) in [6.45, 7) is 1.32. The van der Waals surface area contributed by atoms with Gasteiger partial charge in [0.1, 0.15) is 12.6 Å². The lowest BCUT2D eigenvalue weighted by Gasteiger charge is -2.43. The lowest BCUT2D eigenvalue weighted by Crippen LogP contribution is -2.66. The van der Waals surface area contributed by atoms with Gasteiger partial charge in [-0.05, 0) is 5.56 Å². The maximum Gasteiger partial charge on any atom is 0.307 e. The summed E-state index contributed by atoms with van der Waals surface area (Å²) in [5.74, 6) is -2.85. The standard InChI is InChI=1S/C21H19NO5/c1-14(23)22-19(20(25)16-10-6-3-7-11-16)17(21(22)26)12-18(24)27-13-15-8-4-2-5-9-15/h2-11,17,19H,12-13H2,1H3/t17-,19-/m0/s1. The fourth-order valence-electron chi connectivity index (χ4n) is 3.15. The van der Waals surface area contributed by atoms with E-state index in [2.05, 4.69) is 0 Å². The summed E-state index contributed by atoms with van der Waals surface area (Å²) in [4.78, 5) is 49.9.